The highest BCUT2D eigenvalue weighted by Crippen LogP contribution is 2.37. The second kappa shape index (κ2) is 7.67. The van der Waals surface area contributed by atoms with Gasteiger partial charge < -0.3 is 25.4 Å². The number of amides is 3. The third kappa shape index (κ3) is 3.72. The summed E-state index contributed by atoms with van der Waals surface area (Å²) in [7, 11) is 2.86. The van der Waals surface area contributed by atoms with Crippen molar-refractivity contribution in [3.63, 3.8) is 0 Å². The topological polar surface area (TPSA) is 111 Å². The van der Waals surface area contributed by atoms with Gasteiger partial charge in [0.2, 0.25) is 0 Å². The highest BCUT2D eigenvalue weighted by atomic mass is 32.1. The number of hydrogen-bond acceptors (Lipinski definition) is 6. The molecule has 0 radical (unpaired) electrons. The fourth-order valence-corrected chi connectivity index (χ4v) is 4.22. The molecule has 0 atom stereocenters. The van der Waals surface area contributed by atoms with Crippen LogP contribution < -0.4 is 15.8 Å². The van der Waals surface area contributed by atoms with Crippen LogP contribution in [-0.2, 0) is 17.7 Å². The fraction of sp³-hybridized carbons (Fsp3) is 0.278. The lowest BCUT2D eigenvalue weighted by atomic mass is 10.0. The van der Waals surface area contributed by atoms with Crippen molar-refractivity contribution >= 4 is 34.2 Å². The number of nitrogens with two attached hydrogens (primary N) is 1. The molecule has 1 aliphatic heterocycles. The van der Waals surface area contributed by atoms with Crippen LogP contribution in [0.2, 0.25) is 0 Å². The van der Waals surface area contributed by atoms with Gasteiger partial charge in [0.05, 0.1) is 26.3 Å². The molecule has 3 N–H and O–H groups in total. The van der Waals surface area contributed by atoms with Gasteiger partial charge in [0, 0.05) is 17.0 Å². The van der Waals surface area contributed by atoms with Crippen LogP contribution in [0.1, 0.15) is 31.2 Å². The van der Waals surface area contributed by atoms with Gasteiger partial charge in [0.1, 0.15) is 10.8 Å². The van der Waals surface area contributed by atoms with Gasteiger partial charge in [0.25, 0.3) is 11.8 Å². The summed E-state index contributed by atoms with van der Waals surface area (Å²) in [6.45, 7) is 0.730. The first-order chi connectivity index (χ1) is 12.9. The van der Waals surface area contributed by atoms with Crippen LogP contribution in [0, 0.1) is 0 Å². The zero-order chi connectivity index (χ0) is 19.6. The first-order valence-corrected chi connectivity index (χ1v) is 8.99. The van der Waals surface area contributed by atoms with Gasteiger partial charge in [-0.2, -0.15) is 0 Å². The molecular formula is C18H19N3O5S. The maximum absolute atomic E-state index is 12.5. The summed E-state index contributed by atoms with van der Waals surface area (Å²) in [5.41, 5.74) is 7.06. The molecule has 3 amide bonds. The number of benzene rings is 1. The minimum atomic E-state index is -0.607. The van der Waals surface area contributed by atoms with Crippen molar-refractivity contribution in [1.82, 2.24) is 4.90 Å². The monoisotopic (exact) mass is 389 g/mol. The summed E-state index contributed by atoms with van der Waals surface area (Å²) in [5, 5.41) is 3.15. The van der Waals surface area contributed by atoms with Crippen LogP contribution in [0.15, 0.2) is 24.3 Å². The Morgan fingerprint density at radius 1 is 1.19 bits per heavy atom. The number of carbonyl (C=O) groups is 3. The second-order valence-electron chi connectivity index (χ2n) is 5.90. The molecule has 9 heteroatoms. The van der Waals surface area contributed by atoms with E-state index in [1.807, 2.05) is 0 Å². The lowest BCUT2D eigenvalue weighted by Crippen LogP contribution is -2.35. The first kappa shape index (κ1) is 18.7. The van der Waals surface area contributed by atoms with Crippen molar-refractivity contribution in [3.8, 4) is 5.75 Å². The summed E-state index contributed by atoms with van der Waals surface area (Å²) in [4.78, 5) is 38.6. The van der Waals surface area contributed by atoms with Crippen LogP contribution >= 0.6 is 11.3 Å². The Labute approximate surface area is 159 Å². The number of hydrogen-bond donors (Lipinski definition) is 2. The van der Waals surface area contributed by atoms with Crippen LogP contribution in [0.4, 0.5) is 9.80 Å². The van der Waals surface area contributed by atoms with E-state index in [0.29, 0.717) is 41.4 Å². The number of rotatable bonds is 4. The number of nitrogens with zero attached hydrogens (tertiary/aromatic N) is 1. The number of carbonyl (C=O) groups excluding carboxylic acids is 3. The summed E-state index contributed by atoms with van der Waals surface area (Å²) in [6, 6.07) is 6.62. The lowest BCUT2D eigenvalue weighted by Gasteiger charge is -2.25. The molecule has 0 aliphatic carbocycles. The van der Waals surface area contributed by atoms with Crippen molar-refractivity contribution < 1.29 is 23.9 Å². The molecule has 27 heavy (non-hydrogen) atoms. The summed E-state index contributed by atoms with van der Waals surface area (Å²) < 4.78 is 9.83. The largest absolute Gasteiger partial charge is 0.497 e. The van der Waals surface area contributed by atoms with E-state index in [4.69, 9.17) is 15.2 Å². The van der Waals surface area contributed by atoms with Crippen LogP contribution in [0.25, 0.3) is 0 Å². The quantitative estimate of drug-likeness (QED) is 0.833. The maximum atomic E-state index is 12.5. The normalized spacial score (nSPS) is 12.9. The molecule has 0 saturated heterocycles. The minimum Gasteiger partial charge on any atom is -0.497 e. The molecule has 142 valence electrons. The summed E-state index contributed by atoms with van der Waals surface area (Å²) in [5.74, 6) is -0.327. The molecule has 3 rings (SSSR count). The van der Waals surface area contributed by atoms with Gasteiger partial charge in [-0.25, -0.2) is 4.79 Å². The molecule has 0 saturated carbocycles. The van der Waals surface area contributed by atoms with E-state index >= 15 is 0 Å². The molecule has 1 aromatic carbocycles. The molecule has 8 nitrogen and oxygen atoms in total. The van der Waals surface area contributed by atoms with Gasteiger partial charge in [-0.1, -0.05) is 0 Å². The molecule has 2 aromatic rings. The molecule has 2 heterocycles. The molecule has 0 fully saturated rings. The first-order valence-electron chi connectivity index (χ1n) is 8.17. The Morgan fingerprint density at radius 2 is 1.89 bits per heavy atom. The van der Waals surface area contributed by atoms with Gasteiger partial charge >= 0.3 is 6.09 Å². The zero-order valence-corrected chi connectivity index (χ0v) is 15.7. The van der Waals surface area contributed by atoms with Crippen LogP contribution in [0.3, 0.4) is 0 Å². The highest BCUT2D eigenvalue weighted by molar-refractivity contribution is 7.17. The van der Waals surface area contributed by atoms with Gasteiger partial charge in [-0.3, -0.25) is 9.59 Å². The van der Waals surface area contributed by atoms with E-state index in [1.165, 1.54) is 18.4 Å². The standard InChI is InChI=1S/C18H19N3O5S/c1-25-11-5-3-10(4-6-11)16(23)20-17-14(15(19)22)12-7-8-21(18(24)26-2)9-13(12)27-17/h3-6H,7-9H2,1-2H3,(H2,19,22)(H,20,23). The average molecular weight is 389 g/mol. The van der Waals surface area contributed by atoms with Gasteiger partial charge in [0.15, 0.2) is 0 Å². The van der Waals surface area contributed by atoms with Crippen molar-refractivity contribution in [2.24, 2.45) is 5.73 Å². The van der Waals surface area contributed by atoms with E-state index < -0.39 is 12.0 Å². The van der Waals surface area contributed by atoms with E-state index in [-0.39, 0.29) is 5.91 Å². The van der Waals surface area contributed by atoms with Gasteiger partial charge in [-0.05, 0) is 36.2 Å². The predicted octanol–water partition coefficient (Wildman–Crippen LogP) is 2.23. The molecule has 0 bridgehead atoms. The predicted molar refractivity (Wildman–Crippen MR) is 100 cm³/mol. The number of ether oxygens (including phenoxy) is 2. The summed E-state index contributed by atoms with van der Waals surface area (Å²) in [6.07, 6.45) is 0.0379. The Kier molecular flexibility index (Phi) is 5.31. The van der Waals surface area contributed by atoms with E-state index in [0.717, 1.165) is 10.4 Å². The number of anilines is 1. The Bertz CT molecular complexity index is 891. The lowest BCUT2D eigenvalue weighted by molar-refractivity contribution is 0.0999. The van der Waals surface area contributed by atoms with Crippen LogP contribution in [0.5, 0.6) is 5.75 Å². The molecule has 0 spiro atoms. The van der Waals surface area contributed by atoms with E-state index in [1.54, 1.807) is 36.3 Å². The SMILES string of the molecule is COC(=O)N1CCc2c(sc(NC(=O)c3ccc(OC)cc3)c2C(N)=O)C1. The number of nitrogens with one attached hydrogen (secondary N) is 1. The van der Waals surface area contributed by atoms with Crippen molar-refractivity contribution in [2.75, 3.05) is 26.1 Å². The maximum Gasteiger partial charge on any atom is 0.409 e. The van der Waals surface area contributed by atoms with E-state index in [2.05, 4.69) is 5.32 Å². The number of thiophene rings is 1. The van der Waals surface area contributed by atoms with Crippen molar-refractivity contribution in [2.45, 2.75) is 13.0 Å². The molecule has 1 aliphatic rings. The second-order valence-corrected chi connectivity index (χ2v) is 7.00. The number of fused-ring (bicyclic) bond motifs is 1. The Balaban J connectivity index is 1.87. The fourth-order valence-electron chi connectivity index (χ4n) is 2.95. The average Bonchev–Trinajstić information content (AvgIpc) is 3.04. The van der Waals surface area contributed by atoms with E-state index in [9.17, 15) is 14.4 Å². The van der Waals surface area contributed by atoms with Crippen molar-refractivity contribution in [1.29, 1.82) is 0 Å². The third-order valence-electron chi connectivity index (χ3n) is 4.32. The molecule has 1 aromatic heterocycles. The third-order valence-corrected chi connectivity index (χ3v) is 5.45. The number of methoxy groups -OCH3 is 2. The van der Waals surface area contributed by atoms with Crippen LogP contribution in [-0.4, -0.2) is 43.6 Å². The Morgan fingerprint density at radius 3 is 2.48 bits per heavy atom. The van der Waals surface area contributed by atoms with Crippen molar-refractivity contribution in [3.05, 3.63) is 45.8 Å². The molecule has 0 unspecified atom stereocenters. The summed E-state index contributed by atoms with van der Waals surface area (Å²) >= 11 is 1.25. The molecular weight excluding hydrogens is 370 g/mol. The van der Waals surface area contributed by atoms with Gasteiger partial charge in [-0.15, -0.1) is 11.3 Å². The smallest absolute Gasteiger partial charge is 0.409 e. The zero-order valence-electron chi connectivity index (χ0n) is 14.9. The highest BCUT2D eigenvalue weighted by Gasteiger charge is 2.29. The number of primary amides is 1. The Hall–Kier alpha value is -3.07. The minimum absolute atomic E-state index is 0.307.